The van der Waals surface area contributed by atoms with Crippen molar-refractivity contribution in [2.45, 2.75) is 44.4 Å². The molecule has 0 bridgehead atoms. The number of rotatable bonds is 4. The molecule has 1 aromatic heterocycles. The molecular formula is C19H20F3NO2S. The maximum atomic E-state index is 13.0. The molecule has 0 spiro atoms. The van der Waals surface area contributed by atoms with Crippen LogP contribution in [0.25, 0.3) is 0 Å². The van der Waals surface area contributed by atoms with Crippen molar-refractivity contribution in [2.24, 2.45) is 0 Å². The number of fused-ring (bicyclic) bond motifs is 1. The first-order valence-electron chi connectivity index (χ1n) is 8.60. The molecule has 26 heavy (non-hydrogen) atoms. The van der Waals surface area contributed by atoms with E-state index in [-0.39, 0.29) is 18.0 Å². The smallest absolute Gasteiger partial charge is 0.387 e. The predicted molar refractivity (Wildman–Crippen MR) is 94.3 cm³/mol. The topological polar surface area (TPSA) is 49.3 Å². The van der Waals surface area contributed by atoms with Crippen molar-refractivity contribution in [3.63, 3.8) is 0 Å². The summed E-state index contributed by atoms with van der Waals surface area (Å²) < 4.78 is 39.1. The number of thiophene rings is 1. The minimum atomic E-state index is -4.55. The van der Waals surface area contributed by atoms with Gasteiger partial charge < -0.3 is 10.4 Å². The summed E-state index contributed by atoms with van der Waals surface area (Å²) >= 11 is 1.44. The van der Waals surface area contributed by atoms with Crippen molar-refractivity contribution in [2.75, 3.05) is 6.54 Å². The summed E-state index contributed by atoms with van der Waals surface area (Å²) in [6.07, 6.45) is -0.635. The third kappa shape index (κ3) is 4.27. The van der Waals surface area contributed by atoms with Gasteiger partial charge in [0.25, 0.3) is 5.91 Å². The average molecular weight is 383 g/mol. The van der Waals surface area contributed by atoms with E-state index in [9.17, 15) is 23.1 Å². The normalized spacial score (nSPS) is 15.8. The minimum absolute atomic E-state index is 0.234. The number of hydrogen-bond donors (Lipinski definition) is 2. The lowest BCUT2D eigenvalue weighted by molar-refractivity contribution is -0.139. The van der Waals surface area contributed by atoms with Crippen molar-refractivity contribution < 1.29 is 23.1 Å². The predicted octanol–water partition coefficient (Wildman–Crippen LogP) is 4.50. The highest BCUT2D eigenvalue weighted by Gasteiger charge is 2.34. The molecule has 0 saturated heterocycles. The summed E-state index contributed by atoms with van der Waals surface area (Å²) in [5.41, 5.74) is 0.0764. The molecule has 1 aromatic carbocycles. The minimum Gasteiger partial charge on any atom is -0.387 e. The van der Waals surface area contributed by atoms with E-state index in [2.05, 4.69) is 5.32 Å². The number of aliphatic hydroxyl groups is 1. The largest absolute Gasteiger partial charge is 0.416 e. The second-order valence-corrected chi connectivity index (χ2v) is 7.57. The Hall–Kier alpha value is -1.86. The summed E-state index contributed by atoms with van der Waals surface area (Å²) in [6, 6.07) is 6.74. The van der Waals surface area contributed by atoms with Crippen LogP contribution in [0.1, 0.15) is 56.6 Å². The summed E-state index contributed by atoms with van der Waals surface area (Å²) in [7, 11) is 0. The van der Waals surface area contributed by atoms with Crippen LogP contribution in [-0.4, -0.2) is 17.6 Å². The van der Waals surface area contributed by atoms with Gasteiger partial charge in [-0.05, 0) is 48.9 Å². The summed E-state index contributed by atoms with van der Waals surface area (Å²) in [5, 5.41) is 12.7. The Morgan fingerprint density at radius 1 is 1.19 bits per heavy atom. The summed E-state index contributed by atoms with van der Waals surface area (Å²) in [4.78, 5) is 14.1. The van der Waals surface area contributed by atoms with Gasteiger partial charge in [0.15, 0.2) is 0 Å². The first-order chi connectivity index (χ1) is 12.4. The van der Waals surface area contributed by atoms with Crippen LogP contribution in [0, 0.1) is 0 Å². The molecule has 1 amide bonds. The fourth-order valence-corrected chi connectivity index (χ4v) is 4.38. The zero-order valence-corrected chi connectivity index (χ0v) is 14.9. The van der Waals surface area contributed by atoms with Gasteiger partial charge >= 0.3 is 6.18 Å². The van der Waals surface area contributed by atoms with E-state index in [1.54, 1.807) is 0 Å². The molecule has 3 rings (SSSR count). The van der Waals surface area contributed by atoms with Crippen LogP contribution < -0.4 is 5.32 Å². The molecule has 140 valence electrons. The number of benzene rings is 1. The van der Waals surface area contributed by atoms with Crippen LogP contribution >= 0.6 is 11.3 Å². The molecule has 2 N–H and O–H groups in total. The molecule has 7 heteroatoms. The molecule has 0 saturated carbocycles. The lowest BCUT2D eigenvalue weighted by Crippen LogP contribution is -2.28. The lowest BCUT2D eigenvalue weighted by Gasteiger charge is -2.17. The highest BCUT2D eigenvalue weighted by molar-refractivity contribution is 7.14. The van der Waals surface area contributed by atoms with Gasteiger partial charge in [-0.25, -0.2) is 0 Å². The van der Waals surface area contributed by atoms with Crippen molar-refractivity contribution >= 4 is 17.2 Å². The van der Waals surface area contributed by atoms with Gasteiger partial charge in [-0.1, -0.05) is 24.6 Å². The number of carbonyl (C=O) groups excluding carboxylic acids is 1. The fourth-order valence-electron chi connectivity index (χ4n) is 3.21. The van der Waals surface area contributed by atoms with Crippen molar-refractivity contribution in [1.29, 1.82) is 0 Å². The number of carbonyl (C=O) groups is 1. The molecule has 1 unspecified atom stereocenters. The number of amides is 1. The quantitative estimate of drug-likeness (QED) is 0.764. The second kappa shape index (κ2) is 7.80. The first kappa shape index (κ1) is 18.9. The van der Waals surface area contributed by atoms with Gasteiger partial charge in [-0.15, -0.1) is 11.3 Å². The van der Waals surface area contributed by atoms with E-state index >= 15 is 0 Å². The Balaban J connectivity index is 1.67. The monoisotopic (exact) mass is 383 g/mol. The number of halogens is 3. The Bertz CT molecular complexity index is 762. The molecule has 1 aliphatic carbocycles. The average Bonchev–Trinajstić information content (AvgIpc) is 2.89. The van der Waals surface area contributed by atoms with E-state index in [1.807, 2.05) is 6.07 Å². The molecule has 2 aromatic rings. The third-order valence-electron chi connectivity index (χ3n) is 4.55. The number of aliphatic hydroxyl groups excluding tert-OH is 1. The second-order valence-electron chi connectivity index (χ2n) is 6.43. The van der Waals surface area contributed by atoms with Gasteiger partial charge in [0.2, 0.25) is 0 Å². The van der Waals surface area contributed by atoms with E-state index < -0.39 is 17.8 Å². The van der Waals surface area contributed by atoms with Crippen LogP contribution in [0.5, 0.6) is 0 Å². The van der Waals surface area contributed by atoms with Gasteiger partial charge in [0.05, 0.1) is 16.5 Å². The maximum Gasteiger partial charge on any atom is 0.416 e. The molecule has 1 atom stereocenters. The molecule has 3 nitrogen and oxygen atoms in total. The first-order valence-corrected chi connectivity index (χ1v) is 9.42. The summed E-state index contributed by atoms with van der Waals surface area (Å²) in [6.45, 7) is -0.269. The van der Waals surface area contributed by atoms with Crippen molar-refractivity contribution in [3.8, 4) is 0 Å². The SMILES string of the molecule is O=C(NCC(O)c1ccccc1C(F)(F)F)c1cc2c(s1)CCCCC2. The van der Waals surface area contributed by atoms with E-state index in [1.165, 1.54) is 46.4 Å². The van der Waals surface area contributed by atoms with E-state index in [0.29, 0.717) is 4.88 Å². The van der Waals surface area contributed by atoms with Crippen molar-refractivity contribution in [1.82, 2.24) is 5.32 Å². The van der Waals surface area contributed by atoms with Crippen LogP contribution in [0.4, 0.5) is 13.2 Å². The van der Waals surface area contributed by atoms with Crippen LogP contribution in [0.2, 0.25) is 0 Å². The van der Waals surface area contributed by atoms with Gasteiger partial charge in [0.1, 0.15) is 0 Å². The Morgan fingerprint density at radius 3 is 2.69 bits per heavy atom. The highest BCUT2D eigenvalue weighted by Crippen LogP contribution is 2.34. The van der Waals surface area contributed by atoms with E-state index in [4.69, 9.17) is 0 Å². The van der Waals surface area contributed by atoms with Crippen LogP contribution in [0.3, 0.4) is 0 Å². The Kier molecular flexibility index (Phi) is 5.67. The molecule has 0 fully saturated rings. The maximum absolute atomic E-state index is 13.0. The lowest BCUT2D eigenvalue weighted by atomic mass is 10.0. The van der Waals surface area contributed by atoms with Gasteiger partial charge in [0, 0.05) is 11.4 Å². The van der Waals surface area contributed by atoms with E-state index in [0.717, 1.165) is 31.7 Å². The Morgan fingerprint density at radius 2 is 1.92 bits per heavy atom. The zero-order valence-electron chi connectivity index (χ0n) is 14.1. The zero-order chi connectivity index (χ0) is 18.7. The molecular weight excluding hydrogens is 363 g/mol. The third-order valence-corrected chi connectivity index (χ3v) is 5.79. The molecule has 0 radical (unpaired) electrons. The molecule has 1 aliphatic rings. The molecule has 0 aliphatic heterocycles. The summed E-state index contributed by atoms with van der Waals surface area (Å²) in [5.74, 6) is -0.355. The Labute approximate surface area is 153 Å². The fraction of sp³-hybridized carbons (Fsp3) is 0.421. The van der Waals surface area contributed by atoms with Crippen LogP contribution in [-0.2, 0) is 19.0 Å². The van der Waals surface area contributed by atoms with Crippen LogP contribution in [0.15, 0.2) is 30.3 Å². The van der Waals surface area contributed by atoms with Crippen molar-refractivity contribution in [3.05, 3.63) is 56.8 Å². The number of aryl methyl sites for hydroxylation is 2. The number of alkyl halides is 3. The van der Waals surface area contributed by atoms with Gasteiger partial charge in [-0.3, -0.25) is 4.79 Å². The molecule has 1 heterocycles. The number of nitrogens with one attached hydrogen (secondary N) is 1. The standard InChI is InChI=1S/C19H20F3NO2S/c20-19(21,22)14-8-5-4-7-13(14)15(24)11-23-18(25)17-10-12-6-2-1-3-9-16(12)26-17/h4-5,7-8,10,15,24H,1-3,6,9,11H2,(H,23,25). The van der Waals surface area contributed by atoms with Gasteiger partial charge in [-0.2, -0.15) is 13.2 Å². The highest BCUT2D eigenvalue weighted by atomic mass is 32.1. The number of hydrogen-bond acceptors (Lipinski definition) is 3.